The van der Waals surface area contributed by atoms with Gasteiger partial charge in [-0.1, -0.05) is 11.8 Å². The molecule has 2 heterocycles. The van der Waals surface area contributed by atoms with Crippen LogP contribution in [0, 0.1) is 17.8 Å². The predicted octanol–water partition coefficient (Wildman–Crippen LogP) is 3.40. The van der Waals surface area contributed by atoms with E-state index < -0.39 is 0 Å². The molecule has 0 bridgehead atoms. The second-order valence-corrected chi connectivity index (χ2v) is 8.87. The molecule has 2 fully saturated rings. The Morgan fingerprint density at radius 3 is 2.28 bits per heavy atom. The molecule has 2 unspecified atom stereocenters. The molecule has 5 nitrogen and oxygen atoms in total. The highest BCUT2D eigenvalue weighted by molar-refractivity contribution is 5.94. The fourth-order valence-electron chi connectivity index (χ4n) is 4.66. The zero-order chi connectivity index (χ0) is 22.3. The molecule has 0 spiro atoms. The number of nitrogens with zero attached hydrogens (tertiary/aromatic N) is 2. The summed E-state index contributed by atoms with van der Waals surface area (Å²) in [6, 6.07) is 15.2. The fourth-order valence-corrected chi connectivity index (χ4v) is 4.66. The van der Waals surface area contributed by atoms with E-state index in [9.17, 15) is 9.90 Å². The van der Waals surface area contributed by atoms with Crippen LogP contribution in [-0.4, -0.2) is 66.8 Å². The number of β-amino-alcohol motifs (C(OH)–C–C–N with tert-alkyl or cyclic N) is 1. The molecule has 2 aliphatic heterocycles. The molecule has 4 rings (SSSR count). The van der Waals surface area contributed by atoms with Gasteiger partial charge in [0.15, 0.2) is 0 Å². The van der Waals surface area contributed by atoms with Gasteiger partial charge in [0.25, 0.3) is 5.91 Å². The normalized spacial score (nSPS) is 21.5. The van der Waals surface area contributed by atoms with Crippen molar-refractivity contribution in [2.24, 2.45) is 5.92 Å². The lowest BCUT2D eigenvalue weighted by Gasteiger charge is -2.37. The summed E-state index contributed by atoms with van der Waals surface area (Å²) in [5.41, 5.74) is 2.53. The van der Waals surface area contributed by atoms with Gasteiger partial charge in [-0.25, -0.2) is 0 Å². The Bertz CT molecular complexity index is 959. The van der Waals surface area contributed by atoms with Gasteiger partial charge in [-0.15, -0.1) is 0 Å². The fraction of sp³-hybridized carbons (Fsp3) is 0.444. The maximum atomic E-state index is 13.1. The minimum absolute atomic E-state index is 0.100. The van der Waals surface area contributed by atoms with Gasteiger partial charge >= 0.3 is 0 Å². The number of benzene rings is 2. The quantitative estimate of drug-likeness (QED) is 0.753. The van der Waals surface area contributed by atoms with E-state index in [0.29, 0.717) is 11.5 Å². The second kappa shape index (κ2) is 10.7. The first-order valence-electron chi connectivity index (χ1n) is 11.6. The maximum absolute atomic E-state index is 13.1. The molecule has 0 saturated carbocycles. The van der Waals surface area contributed by atoms with Crippen molar-refractivity contribution in [1.82, 2.24) is 9.80 Å². The number of amides is 1. The number of likely N-dealkylation sites (tertiary alicyclic amines) is 2. The molecule has 1 N–H and O–H groups in total. The Morgan fingerprint density at radius 2 is 1.62 bits per heavy atom. The number of carbonyl (C=O) groups is 1. The van der Waals surface area contributed by atoms with E-state index in [1.807, 2.05) is 53.4 Å². The number of ether oxygens (including phenoxy) is 1. The molecule has 2 aromatic carbocycles. The summed E-state index contributed by atoms with van der Waals surface area (Å²) < 4.78 is 5.17. The number of carbonyl (C=O) groups excluding carboxylic acids is 1. The van der Waals surface area contributed by atoms with Gasteiger partial charge in [0, 0.05) is 42.9 Å². The SMILES string of the molecule is COc1ccc(C#Cc2ccc(C(=O)N3CCCC(CN4CCCC(O)C4)C3)cc2)cc1. The molecule has 0 aromatic heterocycles. The minimum Gasteiger partial charge on any atom is -0.497 e. The van der Waals surface area contributed by atoms with Gasteiger partial charge in [0.05, 0.1) is 13.2 Å². The topological polar surface area (TPSA) is 53.0 Å². The lowest BCUT2D eigenvalue weighted by atomic mass is 9.95. The van der Waals surface area contributed by atoms with Gasteiger partial charge < -0.3 is 19.6 Å². The largest absolute Gasteiger partial charge is 0.497 e. The molecule has 1 amide bonds. The molecule has 2 aliphatic rings. The van der Waals surface area contributed by atoms with E-state index in [1.165, 1.54) is 0 Å². The third-order valence-corrected chi connectivity index (χ3v) is 6.38. The summed E-state index contributed by atoms with van der Waals surface area (Å²) in [7, 11) is 1.65. The van der Waals surface area contributed by atoms with Gasteiger partial charge in [-0.05, 0) is 86.7 Å². The van der Waals surface area contributed by atoms with Crippen molar-refractivity contribution in [3.8, 4) is 17.6 Å². The number of aliphatic hydroxyl groups is 1. The molecule has 168 valence electrons. The molecule has 2 aromatic rings. The van der Waals surface area contributed by atoms with E-state index in [4.69, 9.17) is 4.74 Å². The summed E-state index contributed by atoms with van der Waals surface area (Å²) in [4.78, 5) is 17.4. The first-order valence-corrected chi connectivity index (χ1v) is 11.6. The highest BCUT2D eigenvalue weighted by Gasteiger charge is 2.27. The van der Waals surface area contributed by atoms with Gasteiger partial charge in [0.1, 0.15) is 5.75 Å². The standard InChI is InChI=1S/C27H32N2O3/c1-32-26-14-10-22(11-15-26)7-6-21-8-12-24(13-9-21)27(31)29-17-2-4-23(19-29)18-28-16-3-5-25(30)20-28/h8-15,23,25,30H,2-5,16-20H2,1H3. The third kappa shape index (κ3) is 5.91. The van der Waals surface area contributed by atoms with Gasteiger partial charge in [-0.2, -0.15) is 0 Å². The zero-order valence-corrected chi connectivity index (χ0v) is 18.8. The summed E-state index contributed by atoms with van der Waals surface area (Å²) in [6.45, 7) is 4.41. The predicted molar refractivity (Wildman–Crippen MR) is 126 cm³/mol. The molecule has 2 atom stereocenters. The number of piperidine rings is 2. The molecule has 0 aliphatic carbocycles. The highest BCUT2D eigenvalue weighted by Crippen LogP contribution is 2.22. The van der Waals surface area contributed by atoms with Crippen LogP contribution in [0.25, 0.3) is 0 Å². The minimum atomic E-state index is -0.198. The molecule has 5 heteroatoms. The molecular weight excluding hydrogens is 400 g/mol. The van der Waals surface area contributed by atoms with Crippen LogP contribution in [0.5, 0.6) is 5.75 Å². The summed E-state index contributed by atoms with van der Waals surface area (Å²) in [5.74, 6) is 7.70. The average molecular weight is 433 g/mol. The Morgan fingerprint density at radius 1 is 0.969 bits per heavy atom. The van der Waals surface area contributed by atoms with Crippen molar-refractivity contribution in [2.75, 3.05) is 39.8 Å². The van der Waals surface area contributed by atoms with E-state index in [1.54, 1.807) is 7.11 Å². The molecule has 32 heavy (non-hydrogen) atoms. The van der Waals surface area contributed by atoms with E-state index >= 15 is 0 Å². The van der Waals surface area contributed by atoms with Crippen LogP contribution in [0.3, 0.4) is 0 Å². The average Bonchev–Trinajstić information content (AvgIpc) is 2.83. The number of hydrogen-bond acceptors (Lipinski definition) is 4. The van der Waals surface area contributed by atoms with Crippen molar-refractivity contribution in [3.63, 3.8) is 0 Å². The van der Waals surface area contributed by atoms with Gasteiger partial charge in [-0.3, -0.25) is 4.79 Å². The Labute approximate surface area is 191 Å². The van der Waals surface area contributed by atoms with E-state index in [2.05, 4.69) is 16.7 Å². The van der Waals surface area contributed by atoms with Gasteiger partial charge in [0.2, 0.25) is 0 Å². The molecule has 2 saturated heterocycles. The van der Waals surface area contributed by atoms with Crippen LogP contribution in [0.4, 0.5) is 0 Å². The van der Waals surface area contributed by atoms with Crippen LogP contribution >= 0.6 is 0 Å². The highest BCUT2D eigenvalue weighted by atomic mass is 16.5. The van der Waals surface area contributed by atoms with Crippen LogP contribution in [0.2, 0.25) is 0 Å². The van der Waals surface area contributed by atoms with Crippen LogP contribution in [0.15, 0.2) is 48.5 Å². The lowest BCUT2D eigenvalue weighted by molar-refractivity contribution is 0.0449. The molecular formula is C27H32N2O3. The Balaban J connectivity index is 1.34. The smallest absolute Gasteiger partial charge is 0.253 e. The Kier molecular flexibility index (Phi) is 7.47. The third-order valence-electron chi connectivity index (χ3n) is 6.38. The van der Waals surface area contributed by atoms with Crippen LogP contribution < -0.4 is 4.74 Å². The van der Waals surface area contributed by atoms with E-state index in [-0.39, 0.29) is 12.0 Å². The van der Waals surface area contributed by atoms with Crippen molar-refractivity contribution >= 4 is 5.91 Å². The maximum Gasteiger partial charge on any atom is 0.253 e. The number of rotatable bonds is 4. The monoisotopic (exact) mass is 432 g/mol. The summed E-state index contributed by atoms with van der Waals surface area (Å²) in [6.07, 6.45) is 3.96. The Hall–Kier alpha value is -2.81. The lowest BCUT2D eigenvalue weighted by Crippen LogP contribution is -2.46. The summed E-state index contributed by atoms with van der Waals surface area (Å²) >= 11 is 0. The second-order valence-electron chi connectivity index (χ2n) is 8.87. The number of aliphatic hydroxyl groups excluding tert-OH is 1. The van der Waals surface area contributed by atoms with Crippen LogP contribution in [0.1, 0.15) is 47.2 Å². The number of methoxy groups -OCH3 is 1. The molecule has 0 radical (unpaired) electrons. The van der Waals surface area contributed by atoms with Crippen LogP contribution in [-0.2, 0) is 0 Å². The van der Waals surface area contributed by atoms with E-state index in [0.717, 1.165) is 75.3 Å². The van der Waals surface area contributed by atoms with Crippen molar-refractivity contribution < 1.29 is 14.6 Å². The first-order chi connectivity index (χ1) is 15.6. The first kappa shape index (κ1) is 22.4. The summed E-state index contributed by atoms with van der Waals surface area (Å²) in [5, 5.41) is 9.92. The zero-order valence-electron chi connectivity index (χ0n) is 18.8. The van der Waals surface area contributed by atoms with Crippen molar-refractivity contribution in [3.05, 3.63) is 65.2 Å². The number of hydrogen-bond donors (Lipinski definition) is 1. The van der Waals surface area contributed by atoms with Crippen molar-refractivity contribution in [2.45, 2.75) is 31.8 Å². The van der Waals surface area contributed by atoms with Crippen molar-refractivity contribution in [1.29, 1.82) is 0 Å².